The lowest BCUT2D eigenvalue weighted by molar-refractivity contribution is -0.134. The topological polar surface area (TPSA) is 32.3 Å². The lowest BCUT2D eigenvalue weighted by Gasteiger charge is -2.29. The Balaban J connectivity index is 2.17. The highest BCUT2D eigenvalue weighted by Crippen LogP contribution is 2.24. The number of amides is 1. The molecule has 0 saturated carbocycles. The molecular formula is C13H16F2N2O. The van der Waals surface area contributed by atoms with E-state index in [2.05, 4.69) is 5.32 Å². The lowest BCUT2D eigenvalue weighted by Crippen LogP contribution is -2.43. The first-order valence-corrected chi connectivity index (χ1v) is 5.94. The molecule has 1 aromatic carbocycles. The molecule has 0 spiro atoms. The number of nitrogens with one attached hydrogen (secondary N) is 1. The van der Waals surface area contributed by atoms with E-state index in [1.807, 2.05) is 24.3 Å². The van der Waals surface area contributed by atoms with Gasteiger partial charge in [0.2, 0.25) is 5.91 Å². The van der Waals surface area contributed by atoms with Gasteiger partial charge < -0.3 is 10.2 Å². The maximum absolute atomic E-state index is 12.3. The Kier molecular flexibility index (Phi) is 3.91. The molecule has 0 fully saturated rings. The van der Waals surface area contributed by atoms with Gasteiger partial charge >= 0.3 is 0 Å². The summed E-state index contributed by atoms with van der Waals surface area (Å²) in [7, 11) is 1.41. The van der Waals surface area contributed by atoms with Crippen molar-refractivity contribution in [3.05, 3.63) is 35.4 Å². The normalized spacial score (nSPS) is 18.6. The minimum absolute atomic E-state index is 0.303. The quantitative estimate of drug-likeness (QED) is 0.888. The summed E-state index contributed by atoms with van der Waals surface area (Å²) < 4.78 is 24.6. The number of hydrogen-bond donors (Lipinski definition) is 1. The molecule has 0 radical (unpaired) electrons. The average molecular weight is 254 g/mol. The van der Waals surface area contributed by atoms with Gasteiger partial charge in [-0.1, -0.05) is 24.3 Å². The zero-order chi connectivity index (χ0) is 13.1. The van der Waals surface area contributed by atoms with Crippen LogP contribution in [0.2, 0.25) is 0 Å². The highest BCUT2D eigenvalue weighted by Gasteiger charge is 2.28. The minimum Gasteiger partial charge on any atom is -0.338 e. The third-order valence-electron chi connectivity index (χ3n) is 3.14. The number of benzene rings is 1. The monoisotopic (exact) mass is 254 g/mol. The Morgan fingerprint density at radius 3 is 2.94 bits per heavy atom. The Morgan fingerprint density at radius 1 is 1.50 bits per heavy atom. The summed E-state index contributed by atoms with van der Waals surface area (Å²) in [5.41, 5.74) is 2.01. The van der Waals surface area contributed by atoms with Crippen molar-refractivity contribution in [3.8, 4) is 0 Å². The summed E-state index contributed by atoms with van der Waals surface area (Å²) in [4.78, 5) is 13.2. The second-order valence-corrected chi connectivity index (χ2v) is 4.45. The minimum atomic E-state index is -2.50. The second-order valence-electron chi connectivity index (χ2n) is 4.45. The maximum atomic E-state index is 12.3. The molecule has 5 heteroatoms. The first-order chi connectivity index (χ1) is 8.59. The molecule has 1 aliphatic rings. The molecule has 1 aromatic rings. The second kappa shape index (κ2) is 5.44. The van der Waals surface area contributed by atoms with Crippen LogP contribution in [0.25, 0.3) is 0 Å². The van der Waals surface area contributed by atoms with Gasteiger partial charge in [0.05, 0.1) is 6.54 Å². The van der Waals surface area contributed by atoms with Crippen molar-refractivity contribution in [3.63, 3.8) is 0 Å². The van der Waals surface area contributed by atoms with Crippen LogP contribution in [0.1, 0.15) is 17.2 Å². The first kappa shape index (κ1) is 13.0. The smallest absolute Gasteiger partial charge is 0.255 e. The molecule has 1 aliphatic heterocycles. The Morgan fingerprint density at radius 2 is 2.22 bits per heavy atom. The van der Waals surface area contributed by atoms with E-state index in [1.54, 1.807) is 0 Å². The summed E-state index contributed by atoms with van der Waals surface area (Å²) in [6.07, 6.45) is -1.64. The SMILES string of the molecule is CN(CC(F)F)C(=O)C1NCCc2ccccc21. The maximum Gasteiger partial charge on any atom is 0.255 e. The van der Waals surface area contributed by atoms with Crippen molar-refractivity contribution in [1.82, 2.24) is 10.2 Å². The van der Waals surface area contributed by atoms with Crippen LogP contribution in [0, 0.1) is 0 Å². The van der Waals surface area contributed by atoms with E-state index < -0.39 is 19.0 Å². The van der Waals surface area contributed by atoms with Gasteiger partial charge in [0.1, 0.15) is 6.04 Å². The molecule has 0 aliphatic carbocycles. The zero-order valence-electron chi connectivity index (χ0n) is 10.2. The van der Waals surface area contributed by atoms with Crippen LogP contribution in [-0.4, -0.2) is 37.4 Å². The summed E-state index contributed by atoms with van der Waals surface area (Å²) >= 11 is 0. The number of fused-ring (bicyclic) bond motifs is 1. The van der Waals surface area contributed by atoms with Gasteiger partial charge in [-0.2, -0.15) is 0 Å². The van der Waals surface area contributed by atoms with Crippen molar-refractivity contribution >= 4 is 5.91 Å². The average Bonchev–Trinajstić information content (AvgIpc) is 2.36. The summed E-state index contributed by atoms with van der Waals surface area (Å²) in [6.45, 7) is 0.162. The van der Waals surface area contributed by atoms with Crippen molar-refractivity contribution in [2.75, 3.05) is 20.1 Å². The largest absolute Gasteiger partial charge is 0.338 e. The zero-order valence-corrected chi connectivity index (χ0v) is 10.2. The summed E-state index contributed by atoms with van der Waals surface area (Å²) in [5.74, 6) is -0.303. The summed E-state index contributed by atoms with van der Waals surface area (Å²) in [5, 5.41) is 3.09. The van der Waals surface area contributed by atoms with Crippen LogP contribution in [-0.2, 0) is 11.2 Å². The van der Waals surface area contributed by atoms with Gasteiger partial charge in [-0.05, 0) is 17.5 Å². The van der Waals surface area contributed by atoms with Gasteiger partial charge in [-0.25, -0.2) is 8.78 Å². The Bertz CT molecular complexity index is 437. The fourth-order valence-corrected chi connectivity index (χ4v) is 2.24. The predicted molar refractivity (Wildman–Crippen MR) is 64.5 cm³/mol. The molecule has 1 heterocycles. The van der Waals surface area contributed by atoms with Gasteiger partial charge in [0.15, 0.2) is 0 Å². The highest BCUT2D eigenvalue weighted by molar-refractivity contribution is 5.83. The van der Waals surface area contributed by atoms with Crippen molar-refractivity contribution in [2.45, 2.75) is 18.9 Å². The van der Waals surface area contributed by atoms with Crippen LogP contribution in [0.15, 0.2) is 24.3 Å². The predicted octanol–water partition coefficient (Wildman–Crippen LogP) is 1.60. The molecule has 3 nitrogen and oxygen atoms in total. The number of rotatable bonds is 3. The molecule has 2 rings (SSSR count). The van der Waals surface area contributed by atoms with E-state index in [4.69, 9.17) is 0 Å². The molecule has 0 saturated heterocycles. The van der Waals surface area contributed by atoms with Crippen molar-refractivity contribution in [2.24, 2.45) is 0 Å². The fraction of sp³-hybridized carbons (Fsp3) is 0.462. The van der Waals surface area contributed by atoms with Crippen LogP contribution in [0.4, 0.5) is 8.78 Å². The van der Waals surface area contributed by atoms with Gasteiger partial charge in [-0.15, -0.1) is 0 Å². The van der Waals surface area contributed by atoms with E-state index in [-0.39, 0.29) is 5.91 Å². The molecule has 18 heavy (non-hydrogen) atoms. The number of nitrogens with zero attached hydrogens (tertiary/aromatic N) is 1. The molecular weight excluding hydrogens is 238 g/mol. The highest BCUT2D eigenvalue weighted by atomic mass is 19.3. The molecule has 1 amide bonds. The van der Waals surface area contributed by atoms with E-state index in [0.29, 0.717) is 6.54 Å². The first-order valence-electron chi connectivity index (χ1n) is 5.94. The summed E-state index contributed by atoms with van der Waals surface area (Å²) in [6, 6.07) is 7.14. The fourth-order valence-electron chi connectivity index (χ4n) is 2.24. The van der Waals surface area contributed by atoms with Crippen LogP contribution >= 0.6 is 0 Å². The molecule has 1 N–H and O–H groups in total. The third kappa shape index (κ3) is 2.67. The number of carbonyl (C=O) groups excluding carboxylic acids is 1. The van der Waals surface area contributed by atoms with Gasteiger partial charge in [0, 0.05) is 13.6 Å². The van der Waals surface area contributed by atoms with E-state index in [0.717, 1.165) is 22.4 Å². The molecule has 1 unspecified atom stereocenters. The van der Waals surface area contributed by atoms with E-state index >= 15 is 0 Å². The van der Waals surface area contributed by atoms with Crippen LogP contribution in [0.5, 0.6) is 0 Å². The number of hydrogen-bond acceptors (Lipinski definition) is 2. The van der Waals surface area contributed by atoms with E-state index in [1.165, 1.54) is 7.05 Å². The number of halogens is 2. The number of alkyl halides is 2. The molecule has 0 aromatic heterocycles. The molecule has 1 atom stereocenters. The van der Waals surface area contributed by atoms with Gasteiger partial charge in [-0.3, -0.25) is 4.79 Å². The molecule has 0 bridgehead atoms. The standard InChI is InChI=1S/C13H16F2N2O/c1-17(8-11(14)15)13(18)12-10-5-3-2-4-9(10)6-7-16-12/h2-5,11-12,16H,6-8H2,1H3. The molecule has 98 valence electrons. The Labute approximate surface area is 105 Å². The van der Waals surface area contributed by atoms with Gasteiger partial charge in [0.25, 0.3) is 6.43 Å². The number of likely N-dealkylation sites (N-methyl/N-ethyl adjacent to an activating group) is 1. The van der Waals surface area contributed by atoms with E-state index in [9.17, 15) is 13.6 Å². The lowest BCUT2D eigenvalue weighted by atomic mass is 9.93. The van der Waals surface area contributed by atoms with Crippen molar-refractivity contribution < 1.29 is 13.6 Å². The number of carbonyl (C=O) groups is 1. The van der Waals surface area contributed by atoms with Crippen LogP contribution < -0.4 is 5.32 Å². The Hall–Kier alpha value is -1.49. The van der Waals surface area contributed by atoms with Crippen molar-refractivity contribution in [1.29, 1.82) is 0 Å². The third-order valence-corrected chi connectivity index (χ3v) is 3.14. The van der Waals surface area contributed by atoms with Crippen LogP contribution in [0.3, 0.4) is 0 Å².